The van der Waals surface area contributed by atoms with Gasteiger partial charge in [0, 0.05) is 17.2 Å². The zero-order chi connectivity index (χ0) is 20.9. The van der Waals surface area contributed by atoms with E-state index in [1.807, 2.05) is 20.8 Å². The van der Waals surface area contributed by atoms with Gasteiger partial charge < -0.3 is 9.84 Å². The minimum atomic E-state index is -1.12. The van der Waals surface area contributed by atoms with Crippen LogP contribution in [0.4, 0.5) is 10.5 Å². The molecule has 1 amide bonds. The Labute approximate surface area is 168 Å². The number of nitro groups is 1. The van der Waals surface area contributed by atoms with Gasteiger partial charge in [0.25, 0.3) is 5.69 Å². The Morgan fingerprint density at radius 1 is 1.25 bits per heavy atom. The molecule has 7 nitrogen and oxygen atoms in total. The van der Waals surface area contributed by atoms with Crippen LogP contribution in [0.25, 0.3) is 0 Å². The Morgan fingerprint density at radius 2 is 1.93 bits per heavy atom. The molecule has 0 aliphatic heterocycles. The number of nitrogens with zero attached hydrogens (tertiary/aromatic N) is 2. The first-order valence-electron chi connectivity index (χ1n) is 8.72. The predicted octanol–water partition coefficient (Wildman–Crippen LogP) is 5.39. The van der Waals surface area contributed by atoms with Crippen molar-refractivity contribution in [1.82, 2.24) is 4.90 Å². The van der Waals surface area contributed by atoms with Crippen molar-refractivity contribution in [2.75, 3.05) is 13.2 Å². The van der Waals surface area contributed by atoms with Gasteiger partial charge in [0.2, 0.25) is 0 Å². The standard InChI is InChI=1S/C20H23ClN2O5/c1-20(2,3)18(14-6-4-8-16(12-14)23(26)27)22(19(24)25)10-11-28-17-9-5-7-15(21)13-17/h4-9,12-13,18H,10-11H2,1-3H3,(H,24,25). The zero-order valence-corrected chi connectivity index (χ0v) is 16.7. The minimum Gasteiger partial charge on any atom is -0.492 e. The molecular formula is C20H23ClN2O5. The molecule has 0 saturated carbocycles. The highest BCUT2D eigenvalue weighted by Gasteiger charge is 2.35. The number of hydrogen-bond donors (Lipinski definition) is 1. The molecule has 0 saturated heterocycles. The lowest BCUT2D eigenvalue weighted by atomic mass is 9.81. The Morgan fingerprint density at radius 3 is 2.50 bits per heavy atom. The minimum absolute atomic E-state index is 0.0766. The maximum Gasteiger partial charge on any atom is 0.407 e. The summed E-state index contributed by atoms with van der Waals surface area (Å²) < 4.78 is 5.63. The van der Waals surface area contributed by atoms with Gasteiger partial charge in [-0.15, -0.1) is 0 Å². The maximum absolute atomic E-state index is 12.0. The summed E-state index contributed by atoms with van der Waals surface area (Å²) >= 11 is 5.93. The highest BCUT2D eigenvalue weighted by molar-refractivity contribution is 6.30. The average molecular weight is 407 g/mol. The highest BCUT2D eigenvalue weighted by Crippen LogP contribution is 2.39. The fraction of sp³-hybridized carbons (Fsp3) is 0.350. The number of amides is 1. The molecule has 1 N–H and O–H groups in total. The van der Waals surface area contributed by atoms with E-state index in [9.17, 15) is 20.0 Å². The first-order valence-corrected chi connectivity index (χ1v) is 9.09. The van der Waals surface area contributed by atoms with Crippen molar-refractivity contribution in [3.63, 3.8) is 0 Å². The topological polar surface area (TPSA) is 92.9 Å². The fourth-order valence-electron chi connectivity index (χ4n) is 3.11. The van der Waals surface area contributed by atoms with Crippen molar-refractivity contribution in [3.05, 3.63) is 69.2 Å². The van der Waals surface area contributed by atoms with Crippen LogP contribution in [-0.2, 0) is 0 Å². The summed E-state index contributed by atoms with van der Waals surface area (Å²) in [4.78, 5) is 23.9. The van der Waals surface area contributed by atoms with E-state index in [-0.39, 0.29) is 18.8 Å². The molecule has 2 aromatic carbocycles. The molecule has 0 bridgehead atoms. The van der Waals surface area contributed by atoms with E-state index in [0.29, 0.717) is 16.3 Å². The van der Waals surface area contributed by atoms with Crippen LogP contribution in [0, 0.1) is 15.5 Å². The quantitative estimate of drug-likeness (QED) is 0.491. The number of halogens is 1. The summed E-state index contributed by atoms with van der Waals surface area (Å²) in [5.74, 6) is 0.542. The van der Waals surface area contributed by atoms with E-state index < -0.39 is 22.5 Å². The SMILES string of the molecule is CC(C)(C)C(c1cccc([N+](=O)[O-])c1)N(CCOc1cccc(Cl)c1)C(=O)O. The van der Waals surface area contributed by atoms with Gasteiger partial charge in [0.1, 0.15) is 12.4 Å². The molecule has 2 rings (SSSR count). The van der Waals surface area contributed by atoms with Crippen molar-refractivity contribution < 1.29 is 19.6 Å². The third kappa shape index (κ3) is 5.60. The van der Waals surface area contributed by atoms with Gasteiger partial charge >= 0.3 is 6.09 Å². The van der Waals surface area contributed by atoms with Gasteiger partial charge in [0.15, 0.2) is 0 Å². The lowest BCUT2D eigenvalue weighted by Crippen LogP contribution is -2.42. The molecule has 2 aromatic rings. The largest absolute Gasteiger partial charge is 0.492 e. The van der Waals surface area contributed by atoms with Crippen LogP contribution >= 0.6 is 11.6 Å². The van der Waals surface area contributed by atoms with Gasteiger partial charge in [-0.25, -0.2) is 4.79 Å². The monoisotopic (exact) mass is 406 g/mol. The number of rotatable bonds is 7. The summed E-state index contributed by atoms with van der Waals surface area (Å²) in [5.41, 5.74) is -0.0111. The Bertz CT molecular complexity index is 850. The molecular weight excluding hydrogens is 384 g/mol. The third-order valence-corrected chi connectivity index (χ3v) is 4.41. The normalized spacial score (nSPS) is 12.3. The number of ether oxygens (including phenoxy) is 1. The van der Waals surface area contributed by atoms with E-state index in [1.54, 1.807) is 36.4 Å². The summed E-state index contributed by atoms with van der Waals surface area (Å²) in [7, 11) is 0. The maximum atomic E-state index is 12.0. The summed E-state index contributed by atoms with van der Waals surface area (Å²) in [6.45, 7) is 5.89. The molecule has 0 aliphatic carbocycles. The summed E-state index contributed by atoms with van der Waals surface area (Å²) in [6, 6.07) is 12.3. The number of hydrogen-bond acceptors (Lipinski definition) is 4. The first kappa shape index (κ1) is 21.5. The van der Waals surface area contributed by atoms with Crippen molar-refractivity contribution in [1.29, 1.82) is 0 Å². The van der Waals surface area contributed by atoms with Crippen LogP contribution in [-0.4, -0.2) is 34.2 Å². The number of nitro benzene ring substituents is 1. The van der Waals surface area contributed by atoms with Crippen LogP contribution in [0.3, 0.4) is 0 Å². The van der Waals surface area contributed by atoms with E-state index in [0.717, 1.165) is 0 Å². The van der Waals surface area contributed by atoms with E-state index in [2.05, 4.69) is 0 Å². The van der Waals surface area contributed by atoms with E-state index in [1.165, 1.54) is 17.0 Å². The smallest absolute Gasteiger partial charge is 0.407 e. The van der Waals surface area contributed by atoms with Crippen molar-refractivity contribution in [3.8, 4) is 5.75 Å². The molecule has 0 fully saturated rings. The number of carbonyl (C=O) groups is 1. The highest BCUT2D eigenvalue weighted by atomic mass is 35.5. The first-order chi connectivity index (χ1) is 13.1. The second-order valence-corrected chi connectivity index (χ2v) is 7.84. The van der Waals surface area contributed by atoms with E-state index in [4.69, 9.17) is 16.3 Å². The molecule has 0 heterocycles. The Balaban J connectivity index is 2.26. The van der Waals surface area contributed by atoms with Crippen molar-refractivity contribution >= 4 is 23.4 Å². The average Bonchev–Trinajstić information content (AvgIpc) is 2.60. The molecule has 0 spiro atoms. The summed E-state index contributed by atoms with van der Waals surface area (Å²) in [5, 5.41) is 21.5. The molecule has 1 atom stereocenters. The van der Waals surface area contributed by atoms with Crippen molar-refractivity contribution in [2.24, 2.45) is 5.41 Å². The molecule has 8 heteroatoms. The number of carboxylic acid groups (broad SMARTS) is 1. The van der Waals surface area contributed by atoms with E-state index >= 15 is 0 Å². The second kappa shape index (κ2) is 8.93. The number of benzene rings is 2. The van der Waals surface area contributed by atoms with Gasteiger partial charge in [-0.3, -0.25) is 15.0 Å². The number of non-ortho nitro benzene ring substituents is 1. The molecule has 28 heavy (non-hydrogen) atoms. The summed E-state index contributed by atoms with van der Waals surface area (Å²) in [6.07, 6.45) is -1.12. The van der Waals surface area contributed by atoms with Gasteiger partial charge in [-0.05, 0) is 29.2 Å². The Hall–Kier alpha value is -2.80. The van der Waals surface area contributed by atoms with Crippen LogP contribution in [0.5, 0.6) is 5.75 Å². The molecule has 1 unspecified atom stereocenters. The lowest BCUT2D eigenvalue weighted by molar-refractivity contribution is -0.385. The predicted molar refractivity (Wildman–Crippen MR) is 107 cm³/mol. The molecule has 150 valence electrons. The van der Waals surface area contributed by atoms with Crippen LogP contribution in [0.15, 0.2) is 48.5 Å². The van der Waals surface area contributed by atoms with Gasteiger partial charge in [-0.2, -0.15) is 0 Å². The van der Waals surface area contributed by atoms with Crippen molar-refractivity contribution in [2.45, 2.75) is 26.8 Å². The van der Waals surface area contributed by atoms with Crippen LogP contribution in [0.2, 0.25) is 5.02 Å². The lowest BCUT2D eigenvalue weighted by Gasteiger charge is -2.39. The molecule has 0 aliphatic rings. The van der Waals surface area contributed by atoms with Gasteiger partial charge in [-0.1, -0.05) is 50.6 Å². The van der Waals surface area contributed by atoms with Crippen LogP contribution < -0.4 is 4.74 Å². The zero-order valence-electron chi connectivity index (χ0n) is 16.0. The Kier molecular flexibility index (Phi) is 6.85. The van der Waals surface area contributed by atoms with Crippen LogP contribution in [0.1, 0.15) is 32.4 Å². The third-order valence-electron chi connectivity index (χ3n) is 4.17. The second-order valence-electron chi connectivity index (χ2n) is 7.40. The molecule has 0 aromatic heterocycles. The van der Waals surface area contributed by atoms with Gasteiger partial charge in [0.05, 0.1) is 17.5 Å². The fourth-order valence-corrected chi connectivity index (χ4v) is 3.29. The molecule has 0 radical (unpaired) electrons.